The fraction of sp³-hybridized carbons (Fsp3) is 0.421. The molecule has 0 spiro atoms. The molecule has 0 atom stereocenters. The van der Waals surface area contributed by atoms with Gasteiger partial charge in [0.2, 0.25) is 5.95 Å². The number of aromatic nitrogens is 2. The standard InChI is InChI=1S/C19H27N5O/c1-5-11-20-18(25)17-10-12-21-19(23-17)22-16-9-8-15(13-14(16)4)24(6-2)7-3/h8-10,12-13H,5-7,11H2,1-4H3,(H,20,25)(H,21,22,23). The summed E-state index contributed by atoms with van der Waals surface area (Å²) in [5, 5.41) is 6.03. The fourth-order valence-electron chi connectivity index (χ4n) is 2.57. The Morgan fingerprint density at radius 1 is 1.16 bits per heavy atom. The van der Waals surface area contributed by atoms with Crippen molar-refractivity contribution < 1.29 is 4.79 Å². The summed E-state index contributed by atoms with van der Waals surface area (Å²) in [6, 6.07) is 7.87. The summed E-state index contributed by atoms with van der Waals surface area (Å²) in [6.45, 7) is 10.9. The zero-order chi connectivity index (χ0) is 18.2. The number of benzene rings is 1. The first kappa shape index (κ1) is 18.7. The molecule has 25 heavy (non-hydrogen) atoms. The zero-order valence-electron chi connectivity index (χ0n) is 15.5. The van der Waals surface area contributed by atoms with Gasteiger partial charge in [0.05, 0.1) is 0 Å². The van der Waals surface area contributed by atoms with Crippen LogP contribution in [0, 0.1) is 6.92 Å². The van der Waals surface area contributed by atoms with Crippen molar-refractivity contribution in [2.45, 2.75) is 34.1 Å². The number of hydrogen-bond acceptors (Lipinski definition) is 5. The molecule has 6 heteroatoms. The summed E-state index contributed by atoms with van der Waals surface area (Å²) in [7, 11) is 0. The van der Waals surface area contributed by atoms with Gasteiger partial charge in [0.1, 0.15) is 5.69 Å². The number of anilines is 3. The molecule has 1 amide bonds. The van der Waals surface area contributed by atoms with Crippen molar-refractivity contribution in [3.05, 3.63) is 41.7 Å². The van der Waals surface area contributed by atoms with Gasteiger partial charge >= 0.3 is 0 Å². The lowest BCUT2D eigenvalue weighted by Crippen LogP contribution is -2.25. The molecule has 1 aromatic heterocycles. The number of amides is 1. The highest BCUT2D eigenvalue weighted by molar-refractivity contribution is 5.92. The summed E-state index contributed by atoms with van der Waals surface area (Å²) in [6.07, 6.45) is 2.48. The minimum Gasteiger partial charge on any atom is -0.372 e. The molecule has 0 fully saturated rings. The zero-order valence-corrected chi connectivity index (χ0v) is 15.5. The third-order valence-electron chi connectivity index (χ3n) is 4.01. The average Bonchev–Trinajstić information content (AvgIpc) is 2.63. The highest BCUT2D eigenvalue weighted by Crippen LogP contribution is 2.24. The Morgan fingerprint density at radius 3 is 2.56 bits per heavy atom. The van der Waals surface area contributed by atoms with Crippen LogP contribution in [-0.4, -0.2) is 35.5 Å². The smallest absolute Gasteiger partial charge is 0.270 e. The molecule has 134 valence electrons. The molecule has 2 rings (SSSR count). The number of aryl methyl sites for hydroxylation is 1. The third-order valence-corrected chi connectivity index (χ3v) is 4.01. The summed E-state index contributed by atoms with van der Waals surface area (Å²) >= 11 is 0. The predicted octanol–water partition coefficient (Wildman–Crippen LogP) is 3.51. The van der Waals surface area contributed by atoms with Crippen LogP contribution in [0.25, 0.3) is 0 Å². The highest BCUT2D eigenvalue weighted by atomic mass is 16.1. The van der Waals surface area contributed by atoms with Crippen molar-refractivity contribution in [3.63, 3.8) is 0 Å². The van der Waals surface area contributed by atoms with E-state index < -0.39 is 0 Å². The van der Waals surface area contributed by atoms with E-state index in [2.05, 4.69) is 51.5 Å². The van der Waals surface area contributed by atoms with Crippen LogP contribution in [0.2, 0.25) is 0 Å². The molecular formula is C19H27N5O. The maximum Gasteiger partial charge on any atom is 0.270 e. The number of nitrogens with one attached hydrogen (secondary N) is 2. The van der Waals surface area contributed by atoms with Crippen LogP contribution < -0.4 is 15.5 Å². The van der Waals surface area contributed by atoms with E-state index in [-0.39, 0.29) is 5.91 Å². The summed E-state index contributed by atoms with van der Waals surface area (Å²) in [5.41, 5.74) is 3.60. The second-order valence-corrected chi connectivity index (χ2v) is 5.82. The molecule has 0 aliphatic rings. The van der Waals surface area contributed by atoms with Gasteiger partial charge in [0, 0.05) is 37.2 Å². The maximum atomic E-state index is 12.0. The summed E-state index contributed by atoms with van der Waals surface area (Å²) < 4.78 is 0. The minimum atomic E-state index is -0.180. The molecule has 0 aliphatic carbocycles. The molecule has 0 saturated carbocycles. The first-order valence-corrected chi connectivity index (χ1v) is 8.82. The van der Waals surface area contributed by atoms with Crippen molar-refractivity contribution in [1.82, 2.24) is 15.3 Å². The van der Waals surface area contributed by atoms with Crippen LogP contribution in [0.15, 0.2) is 30.5 Å². The van der Waals surface area contributed by atoms with E-state index in [9.17, 15) is 4.79 Å². The monoisotopic (exact) mass is 341 g/mol. The molecule has 0 bridgehead atoms. The van der Waals surface area contributed by atoms with E-state index in [1.54, 1.807) is 12.3 Å². The Morgan fingerprint density at radius 2 is 1.92 bits per heavy atom. The molecule has 6 nitrogen and oxygen atoms in total. The van der Waals surface area contributed by atoms with Crippen molar-refractivity contribution in [1.29, 1.82) is 0 Å². The van der Waals surface area contributed by atoms with Gasteiger partial charge in [-0.25, -0.2) is 9.97 Å². The van der Waals surface area contributed by atoms with Gasteiger partial charge in [-0.1, -0.05) is 6.92 Å². The largest absolute Gasteiger partial charge is 0.372 e. The van der Waals surface area contributed by atoms with Gasteiger partial charge in [-0.15, -0.1) is 0 Å². The van der Waals surface area contributed by atoms with E-state index in [0.29, 0.717) is 18.2 Å². The molecule has 2 aromatic rings. The Hall–Kier alpha value is -2.63. The van der Waals surface area contributed by atoms with Crippen LogP contribution in [-0.2, 0) is 0 Å². The predicted molar refractivity (Wildman–Crippen MR) is 103 cm³/mol. The van der Waals surface area contributed by atoms with Crippen LogP contribution in [0.1, 0.15) is 43.2 Å². The second kappa shape index (κ2) is 9.01. The van der Waals surface area contributed by atoms with E-state index in [0.717, 1.165) is 30.8 Å². The topological polar surface area (TPSA) is 70.2 Å². The lowest BCUT2D eigenvalue weighted by molar-refractivity contribution is 0.0948. The van der Waals surface area contributed by atoms with E-state index in [4.69, 9.17) is 0 Å². The number of hydrogen-bond donors (Lipinski definition) is 2. The maximum absolute atomic E-state index is 12.0. The lowest BCUT2D eigenvalue weighted by atomic mass is 10.1. The van der Waals surface area contributed by atoms with Crippen molar-refractivity contribution in [2.75, 3.05) is 29.9 Å². The van der Waals surface area contributed by atoms with Crippen LogP contribution >= 0.6 is 0 Å². The highest BCUT2D eigenvalue weighted by Gasteiger charge is 2.10. The van der Waals surface area contributed by atoms with Gasteiger partial charge in [0.25, 0.3) is 5.91 Å². The normalized spacial score (nSPS) is 10.4. The van der Waals surface area contributed by atoms with E-state index >= 15 is 0 Å². The first-order valence-electron chi connectivity index (χ1n) is 8.82. The van der Waals surface area contributed by atoms with Crippen molar-refractivity contribution in [2.24, 2.45) is 0 Å². The number of carbonyl (C=O) groups is 1. The molecule has 1 aromatic carbocycles. The van der Waals surface area contributed by atoms with Gasteiger partial charge in [-0.05, 0) is 57.0 Å². The van der Waals surface area contributed by atoms with Gasteiger partial charge in [-0.2, -0.15) is 0 Å². The molecule has 0 aliphatic heterocycles. The average molecular weight is 341 g/mol. The lowest BCUT2D eigenvalue weighted by Gasteiger charge is -2.22. The van der Waals surface area contributed by atoms with E-state index in [1.807, 2.05) is 19.9 Å². The SMILES string of the molecule is CCCNC(=O)c1ccnc(Nc2ccc(N(CC)CC)cc2C)n1. The van der Waals surface area contributed by atoms with Crippen LogP contribution in [0.5, 0.6) is 0 Å². The summed E-state index contributed by atoms with van der Waals surface area (Å²) in [4.78, 5) is 22.8. The Balaban J connectivity index is 2.15. The Kier molecular flexibility index (Phi) is 6.74. The molecule has 2 N–H and O–H groups in total. The Labute approximate surface area is 149 Å². The van der Waals surface area contributed by atoms with E-state index in [1.165, 1.54) is 5.69 Å². The van der Waals surface area contributed by atoms with Gasteiger partial charge < -0.3 is 15.5 Å². The second-order valence-electron chi connectivity index (χ2n) is 5.82. The van der Waals surface area contributed by atoms with Crippen molar-refractivity contribution in [3.8, 4) is 0 Å². The van der Waals surface area contributed by atoms with Gasteiger partial charge in [0.15, 0.2) is 0 Å². The molecular weight excluding hydrogens is 314 g/mol. The quantitative estimate of drug-likeness (QED) is 0.769. The molecule has 0 unspecified atom stereocenters. The number of nitrogens with zero attached hydrogens (tertiary/aromatic N) is 3. The molecule has 1 heterocycles. The van der Waals surface area contributed by atoms with Crippen molar-refractivity contribution >= 4 is 23.2 Å². The molecule has 0 radical (unpaired) electrons. The van der Waals surface area contributed by atoms with Crippen LogP contribution in [0.3, 0.4) is 0 Å². The third kappa shape index (κ3) is 4.92. The van der Waals surface area contributed by atoms with Gasteiger partial charge in [-0.3, -0.25) is 4.79 Å². The molecule has 0 saturated heterocycles. The minimum absolute atomic E-state index is 0.180. The number of rotatable bonds is 8. The first-order chi connectivity index (χ1) is 12.1. The fourth-order valence-corrected chi connectivity index (χ4v) is 2.57. The number of carbonyl (C=O) groups excluding carboxylic acids is 1. The van der Waals surface area contributed by atoms with Crippen LogP contribution in [0.4, 0.5) is 17.3 Å². The Bertz CT molecular complexity index is 713. The summed E-state index contributed by atoms with van der Waals surface area (Å²) in [5.74, 6) is 0.240.